The lowest BCUT2D eigenvalue weighted by Gasteiger charge is -2.40. The van der Waals surface area contributed by atoms with Gasteiger partial charge in [-0.25, -0.2) is 0 Å². The van der Waals surface area contributed by atoms with Crippen molar-refractivity contribution in [1.29, 1.82) is 0 Å². The van der Waals surface area contributed by atoms with Gasteiger partial charge in [-0.2, -0.15) is 0 Å². The second-order valence-electron chi connectivity index (χ2n) is 5.70. The first kappa shape index (κ1) is 13.1. The molecule has 0 aromatic heterocycles. The Hall–Kier alpha value is -1.35. The Kier molecular flexibility index (Phi) is 3.71. The average Bonchev–Trinajstić information content (AvgIpc) is 2.37. The van der Waals surface area contributed by atoms with Crippen LogP contribution in [0.4, 0.5) is 0 Å². The first-order valence-corrected chi connectivity index (χ1v) is 6.58. The van der Waals surface area contributed by atoms with Crippen molar-refractivity contribution in [2.45, 2.75) is 32.2 Å². The number of nitrogens with zero attached hydrogens (tertiary/aromatic N) is 1. The van der Waals surface area contributed by atoms with Crippen molar-refractivity contribution < 1.29 is 4.79 Å². The number of carbonyl (C=O) groups is 1. The smallest absolute Gasteiger partial charge is 0.229 e. The molecular formula is C15H22N2O. The van der Waals surface area contributed by atoms with E-state index < -0.39 is 0 Å². The standard InChI is InChI=1S/C15H22N2O/c1-12(13-7-5-4-6-8-13)14(18)17-10-9-16-15(2,3)11-17/h4-8,12,16H,9-11H2,1-3H3. The van der Waals surface area contributed by atoms with E-state index in [-0.39, 0.29) is 17.4 Å². The summed E-state index contributed by atoms with van der Waals surface area (Å²) in [6, 6.07) is 10.0. The number of hydrogen-bond donors (Lipinski definition) is 1. The van der Waals surface area contributed by atoms with Gasteiger partial charge < -0.3 is 10.2 Å². The van der Waals surface area contributed by atoms with Crippen LogP contribution in [-0.4, -0.2) is 36.0 Å². The van der Waals surface area contributed by atoms with Gasteiger partial charge in [-0.15, -0.1) is 0 Å². The molecule has 3 heteroatoms. The normalized spacial score (nSPS) is 20.5. The molecule has 3 nitrogen and oxygen atoms in total. The van der Waals surface area contributed by atoms with Crippen LogP contribution in [0.2, 0.25) is 0 Å². The molecule has 0 bridgehead atoms. The first-order chi connectivity index (χ1) is 8.49. The molecule has 1 heterocycles. The van der Waals surface area contributed by atoms with Gasteiger partial charge in [0.15, 0.2) is 0 Å². The van der Waals surface area contributed by atoms with Crippen molar-refractivity contribution in [3.63, 3.8) is 0 Å². The molecule has 1 aromatic carbocycles. The van der Waals surface area contributed by atoms with Crippen molar-refractivity contribution in [3.8, 4) is 0 Å². The van der Waals surface area contributed by atoms with Crippen LogP contribution in [0, 0.1) is 0 Å². The van der Waals surface area contributed by atoms with Gasteiger partial charge in [0, 0.05) is 25.2 Å². The molecule has 1 saturated heterocycles. The lowest BCUT2D eigenvalue weighted by molar-refractivity contribution is -0.134. The van der Waals surface area contributed by atoms with Crippen molar-refractivity contribution >= 4 is 5.91 Å². The molecule has 1 aliphatic rings. The molecule has 1 N–H and O–H groups in total. The molecule has 1 aliphatic heterocycles. The molecule has 18 heavy (non-hydrogen) atoms. The Morgan fingerprint density at radius 3 is 2.61 bits per heavy atom. The number of hydrogen-bond acceptors (Lipinski definition) is 2. The highest BCUT2D eigenvalue weighted by Crippen LogP contribution is 2.20. The minimum atomic E-state index is -0.0555. The molecule has 0 saturated carbocycles. The summed E-state index contributed by atoms with van der Waals surface area (Å²) in [6.45, 7) is 8.73. The van der Waals surface area contributed by atoms with E-state index in [1.807, 2.05) is 42.2 Å². The van der Waals surface area contributed by atoms with Gasteiger partial charge >= 0.3 is 0 Å². The van der Waals surface area contributed by atoms with E-state index in [1.165, 1.54) is 0 Å². The Morgan fingerprint density at radius 1 is 1.33 bits per heavy atom. The lowest BCUT2D eigenvalue weighted by atomic mass is 9.97. The van der Waals surface area contributed by atoms with E-state index >= 15 is 0 Å². The number of benzene rings is 1. The molecule has 1 fully saturated rings. The molecule has 1 amide bonds. The number of amides is 1. The predicted molar refractivity (Wildman–Crippen MR) is 73.5 cm³/mol. The molecule has 98 valence electrons. The fraction of sp³-hybridized carbons (Fsp3) is 0.533. The second-order valence-corrected chi connectivity index (χ2v) is 5.70. The van der Waals surface area contributed by atoms with Crippen molar-refractivity contribution in [3.05, 3.63) is 35.9 Å². The molecule has 0 radical (unpaired) electrons. The summed E-state index contributed by atoms with van der Waals surface area (Å²) >= 11 is 0. The van der Waals surface area contributed by atoms with Gasteiger partial charge in [0.25, 0.3) is 0 Å². The van der Waals surface area contributed by atoms with Crippen molar-refractivity contribution in [2.75, 3.05) is 19.6 Å². The molecule has 1 atom stereocenters. The van der Waals surface area contributed by atoms with Crippen LogP contribution in [0.15, 0.2) is 30.3 Å². The van der Waals surface area contributed by atoms with Crippen LogP contribution in [0.25, 0.3) is 0 Å². The topological polar surface area (TPSA) is 32.3 Å². The van der Waals surface area contributed by atoms with E-state index in [4.69, 9.17) is 0 Å². The minimum absolute atomic E-state index is 0.0182. The SMILES string of the molecule is CC(C(=O)N1CCNC(C)(C)C1)c1ccccc1. The van der Waals surface area contributed by atoms with E-state index in [0.717, 1.165) is 25.2 Å². The third-order valence-corrected chi connectivity index (χ3v) is 3.55. The summed E-state index contributed by atoms with van der Waals surface area (Å²) in [5, 5.41) is 3.43. The summed E-state index contributed by atoms with van der Waals surface area (Å²) in [5.74, 6) is 0.177. The van der Waals surface area contributed by atoms with Gasteiger partial charge in [-0.3, -0.25) is 4.79 Å². The summed E-state index contributed by atoms with van der Waals surface area (Å²) in [4.78, 5) is 14.5. The predicted octanol–water partition coefficient (Wildman–Crippen LogP) is 2.00. The molecule has 2 rings (SSSR count). The van der Waals surface area contributed by atoms with Crippen LogP contribution in [0.3, 0.4) is 0 Å². The first-order valence-electron chi connectivity index (χ1n) is 6.58. The molecule has 0 spiro atoms. The van der Waals surface area contributed by atoms with E-state index in [9.17, 15) is 4.79 Å². The largest absolute Gasteiger partial charge is 0.339 e. The van der Waals surface area contributed by atoms with Crippen LogP contribution >= 0.6 is 0 Å². The molecular weight excluding hydrogens is 224 g/mol. The fourth-order valence-electron chi connectivity index (χ4n) is 2.49. The Morgan fingerprint density at radius 2 is 2.00 bits per heavy atom. The van der Waals surface area contributed by atoms with Crippen molar-refractivity contribution in [2.24, 2.45) is 0 Å². The highest BCUT2D eigenvalue weighted by atomic mass is 16.2. The average molecular weight is 246 g/mol. The summed E-state index contributed by atoms with van der Waals surface area (Å²) in [6.07, 6.45) is 0. The number of rotatable bonds is 2. The van der Waals surface area contributed by atoms with Gasteiger partial charge in [-0.1, -0.05) is 30.3 Å². The number of carbonyl (C=O) groups excluding carboxylic acids is 1. The highest BCUT2D eigenvalue weighted by molar-refractivity contribution is 5.83. The third kappa shape index (κ3) is 2.91. The van der Waals surface area contributed by atoms with Crippen LogP contribution < -0.4 is 5.32 Å². The maximum atomic E-state index is 12.5. The summed E-state index contributed by atoms with van der Waals surface area (Å²) < 4.78 is 0. The van der Waals surface area contributed by atoms with Crippen LogP contribution in [0.5, 0.6) is 0 Å². The molecule has 1 aromatic rings. The fourth-order valence-corrected chi connectivity index (χ4v) is 2.49. The number of piperazine rings is 1. The molecule has 1 unspecified atom stereocenters. The third-order valence-electron chi connectivity index (χ3n) is 3.55. The van der Waals surface area contributed by atoms with E-state index in [1.54, 1.807) is 0 Å². The van der Waals surface area contributed by atoms with E-state index in [0.29, 0.717) is 0 Å². The van der Waals surface area contributed by atoms with Crippen molar-refractivity contribution in [1.82, 2.24) is 10.2 Å². The summed E-state index contributed by atoms with van der Waals surface area (Å²) in [5.41, 5.74) is 1.11. The lowest BCUT2D eigenvalue weighted by Crippen LogP contribution is -2.58. The van der Waals surface area contributed by atoms with Gasteiger partial charge in [0.2, 0.25) is 5.91 Å². The zero-order chi connectivity index (χ0) is 13.2. The number of nitrogens with one attached hydrogen (secondary N) is 1. The summed E-state index contributed by atoms with van der Waals surface area (Å²) in [7, 11) is 0. The quantitative estimate of drug-likeness (QED) is 0.865. The maximum absolute atomic E-state index is 12.5. The second kappa shape index (κ2) is 5.11. The van der Waals surface area contributed by atoms with Gasteiger partial charge in [-0.05, 0) is 26.3 Å². The van der Waals surface area contributed by atoms with Gasteiger partial charge in [0.1, 0.15) is 0 Å². The maximum Gasteiger partial charge on any atom is 0.229 e. The Balaban J connectivity index is 2.07. The zero-order valence-corrected chi connectivity index (χ0v) is 11.4. The monoisotopic (exact) mass is 246 g/mol. The Labute approximate surface area is 109 Å². The molecule has 0 aliphatic carbocycles. The highest BCUT2D eigenvalue weighted by Gasteiger charge is 2.30. The van der Waals surface area contributed by atoms with Crippen LogP contribution in [-0.2, 0) is 4.79 Å². The van der Waals surface area contributed by atoms with E-state index in [2.05, 4.69) is 19.2 Å². The van der Waals surface area contributed by atoms with Crippen LogP contribution in [0.1, 0.15) is 32.3 Å². The Bertz CT molecular complexity index is 414. The zero-order valence-electron chi connectivity index (χ0n) is 11.4. The van der Waals surface area contributed by atoms with Gasteiger partial charge in [0.05, 0.1) is 5.92 Å². The minimum Gasteiger partial charge on any atom is -0.339 e.